The van der Waals surface area contributed by atoms with E-state index in [0.717, 1.165) is 0 Å². The van der Waals surface area contributed by atoms with Crippen molar-refractivity contribution in [1.29, 1.82) is 0 Å². The normalized spacial score (nSPS) is 29.2. The molecule has 28 heavy (non-hydrogen) atoms. The highest BCUT2D eigenvalue weighted by atomic mass is 16.2. The van der Waals surface area contributed by atoms with E-state index < -0.39 is 29.3 Å². The van der Waals surface area contributed by atoms with Crippen molar-refractivity contribution in [2.45, 2.75) is 32.9 Å². The Kier molecular flexibility index (Phi) is 4.10. The predicted octanol–water partition coefficient (Wildman–Crippen LogP) is 2.11. The fourth-order valence-corrected chi connectivity index (χ4v) is 4.22. The van der Waals surface area contributed by atoms with Crippen LogP contribution in [-0.2, 0) is 19.2 Å². The first-order valence-electron chi connectivity index (χ1n) is 9.37. The number of imide groups is 1. The van der Waals surface area contributed by atoms with Crippen LogP contribution >= 0.6 is 0 Å². The number of rotatable bonds is 3. The molecule has 0 aliphatic carbocycles. The standard InChI is InChI=1S/C22H22N2O4/c1-22(2,3)16(26)11-12-23-14-9-10-15(25)19(23)18-17(14)20(27)24(21(18)28)13-7-5-4-6-8-13/h4-12,14,17-19H,1-3H3. The van der Waals surface area contributed by atoms with Gasteiger partial charge < -0.3 is 4.90 Å². The molecule has 4 unspecified atom stereocenters. The van der Waals surface area contributed by atoms with Crippen LogP contribution in [0.1, 0.15) is 20.8 Å². The zero-order valence-corrected chi connectivity index (χ0v) is 16.0. The van der Waals surface area contributed by atoms with Gasteiger partial charge in [0.15, 0.2) is 11.6 Å². The molecule has 0 radical (unpaired) electrons. The molecular weight excluding hydrogens is 356 g/mol. The maximum Gasteiger partial charge on any atom is 0.240 e. The number of amides is 2. The van der Waals surface area contributed by atoms with Crippen LogP contribution in [0.4, 0.5) is 5.69 Å². The quantitative estimate of drug-likeness (QED) is 0.595. The zero-order chi connectivity index (χ0) is 20.2. The third-order valence-corrected chi connectivity index (χ3v) is 5.67. The molecule has 144 valence electrons. The summed E-state index contributed by atoms with van der Waals surface area (Å²) in [6.45, 7) is 5.44. The van der Waals surface area contributed by atoms with Crippen molar-refractivity contribution in [3.8, 4) is 0 Å². The molecule has 2 bridgehead atoms. The molecule has 3 aliphatic heterocycles. The van der Waals surface area contributed by atoms with Gasteiger partial charge in [-0.2, -0.15) is 0 Å². The highest BCUT2D eigenvalue weighted by molar-refractivity contribution is 6.24. The fraction of sp³-hybridized carbons (Fsp3) is 0.364. The van der Waals surface area contributed by atoms with E-state index in [2.05, 4.69) is 0 Å². The molecule has 2 amide bonds. The molecule has 4 rings (SSSR count). The Morgan fingerprint density at radius 2 is 1.64 bits per heavy atom. The molecule has 3 heterocycles. The fourth-order valence-electron chi connectivity index (χ4n) is 4.22. The summed E-state index contributed by atoms with van der Waals surface area (Å²) in [5, 5.41) is 0. The van der Waals surface area contributed by atoms with E-state index in [1.807, 2.05) is 26.8 Å². The molecule has 3 aliphatic rings. The SMILES string of the molecule is CC(C)(C)C(=O)C=CN1C2C=CC(=O)C1C1C(=O)N(c3ccccc3)C(=O)C12. The lowest BCUT2D eigenvalue weighted by Gasteiger charge is -2.32. The molecule has 2 fully saturated rings. The van der Waals surface area contributed by atoms with Crippen molar-refractivity contribution in [2.75, 3.05) is 4.90 Å². The maximum absolute atomic E-state index is 13.1. The average Bonchev–Trinajstić information content (AvgIpc) is 3.04. The van der Waals surface area contributed by atoms with Crippen molar-refractivity contribution in [3.63, 3.8) is 0 Å². The molecule has 1 aromatic rings. The summed E-state index contributed by atoms with van der Waals surface area (Å²) < 4.78 is 0. The lowest BCUT2D eigenvalue weighted by Crippen LogP contribution is -2.47. The van der Waals surface area contributed by atoms with Crippen LogP contribution in [0.3, 0.4) is 0 Å². The molecule has 6 nitrogen and oxygen atoms in total. The lowest BCUT2D eigenvalue weighted by molar-refractivity contribution is -0.128. The zero-order valence-electron chi connectivity index (χ0n) is 16.0. The van der Waals surface area contributed by atoms with Crippen LogP contribution in [0.15, 0.2) is 54.8 Å². The van der Waals surface area contributed by atoms with Gasteiger partial charge in [-0.15, -0.1) is 0 Å². The molecule has 1 aromatic carbocycles. The summed E-state index contributed by atoms with van der Waals surface area (Å²) in [5.41, 5.74) is -0.0250. The minimum atomic E-state index is -0.755. The Morgan fingerprint density at radius 3 is 2.29 bits per heavy atom. The largest absolute Gasteiger partial charge is 0.359 e. The predicted molar refractivity (Wildman–Crippen MR) is 103 cm³/mol. The number of allylic oxidation sites excluding steroid dienone is 1. The number of benzene rings is 1. The maximum atomic E-state index is 13.1. The van der Waals surface area contributed by atoms with Crippen molar-refractivity contribution >= 4 is 29.1 Å². The highest BCUT2D eigenvalue weighted by Crippen LogP contribution is 2.46. The van der Waals surface area contributed by atoms with Gasteiger partial charge in [0, 0.05) is 11.6 Å². The van der Waals surface area contributed by atoms with Gasteiger partial charge in [-0.1, -0.05) is 45.0 Å². The smallest absolute Gasteiger partial charge is 0.240 e. The Morgan fingerprint density at radius 1 is 1.00 bits per heavy atom. The number of fused-ring (bicyclic) bond motifs is 5. The first-order chi connectivity index (χ1) is 13.2. The van der Waals surface area contributed by atoms with E-state index in [4.69, 9.17) is 0 Å². The van der Waals surface area contributed by atoms with Gasteiger partial charge in [0.25, 0.3) is 0 Å². The Hall–Kier alpha value is -3.02. The molecular formula is C22H22N2O4. The van der Waals surface area contributed by atoms with Crippen molar-refractivity contribution in [1.82, 2.24) is 4.90 Å². The van der Waals surface area contributed by atoms with E-state index in [0.29, 0.717) is 5.69 Å². The topological polar surface area (TPSA) is 74.8 Å². The average molecular weight is 378 g/mol. The van der Waals surface area contributed by atoms with E-state index >= 15 is 0 Å². The van der Waals surface area contributed by atoms with E-state index in [-0.39, 0.29) is 23.4 Å². The molecule has 0 aromatic heterocycles. The number of hydrogen-bond donors (Lipinski definition) is 0. The van der Waals surface area contributed by atoms with Gasteiger partial charge in [-0.05, 0) is 24.3 Å². The Labute approximate surface area is 163 Å². The first kappa shape index (κ1) is 18.3. The summed E-state index contributed by atoms with van der Waals surface area (Å²) in [7, 11) is 0. The third-order valence-electron chi connectivity index (χ3n) is 5.67. The van der Waals surface area contributed by atoms with Gasteiger partial charge in [0.05, 0.1) is 23.6 Å². The Bertz CT molecular complexity index is 926. The van der Waals surface area contributed by atoms with Crippen LogP contribution < -0.4 is 4.90 Å². The lowest BCUT2D eigenvalue weighted by atomic mass is 9.90. The number of ketones is 2. The van der Waals surface area contributed by atoms with E-state index in [9.17, 15) is 19.2 Å². The van der Waals surface area contributed by atoms with Gasteiger partial charge in [-0.25, -0.2) is 4.90 Å². The molecule has 4 atom stereocenters. The van der Waals surface area contributed by atoms with Gasteiger partial charge in [0.2, 0.25) is 11.8 Å². The van der Waals surface area contributed by atoms with Crippen LogP contribution in [0.5, 0.6) is 0 Å². The second kappa shape index (κ2) is 6.26. The minimum absolute atomic E-state index is 0.0809. The number of carbonyl (C=O) groups excluding carboxylic acids is 4. The first-order valence-corrected chi connectivity index (χ1v) is 9.37. The summed E-state index contributed by atoms with van der Waals surface area (Å²) in [6.07, 6.45) is 6.15. The van der Waals surface area contributed by atoms with Crippen LogP contribution in [0.25, 0.3) is 0 Å². The third kappa shape index (κ3) is 2.63. The molecule has 0 N–H and O–H groups in total. The number of anilines is 1. The minimum Gasteiger partial charge on any atom is -0.359 e. The summed E-state index contributed by atoms with van der Waals surface area (Å²) in [4.78, 5) is 54.1. The van der Waals surface area contributed by atoms with Crippen LogP contribution in [0.2, 0.25) is 0 Å². The Balaban J connectivity index is 1.69. The van der Waals surface area contributed by atoms with E-state index in [1.165, 1.54) is 17.1 Å². The summed E-state index contributed by atoms with van der Waals surface area (Å²) in [5.74, 6) is -2.32. The van der Waals surface area contributed by atoms with Gasteiger partial charge >= 0.3 is 0 Å². The number of hydrogen-bond acceptors (Lipinski definition) is 5. The van der Waals surface area contributed by atoms with Crippen molar-refractivity contribution in [3.05, 3.63) is 54.8 Å². The summed E-state index contributed by atoms with van der Waals surface area (Å²) in [6, 6.07) is 7.60. The highest BCUT2D eigenvalue weighted by Gasteiger charge is 2.63. The number of para-hydroxylation sites is 1. The molecule has 6 heteroatoms. The second-order valence-corrected chi connectivity index (χ2v) is 8.47. The van der Waals surface area contributed by atoms with Crippen LogP contribution in [0, 0.1) is 17.3 Å². The molecule has 0 spiro atoms. The number of nitrogens with zero attached hydrogens (tertiary/aromatic N) is 2. The van der Waals surface area contributed by atoms with Crippen molar-refractivity contribution < 1.29 is 19.2 Å². The van der Waals surface area contributed by atoms with Gasteiger partial charge in [-0.3, -0.25) is 19.2 Å². The summed E-state index contributed by atoms with van der Waals surface area (Å²) >= 11 is 0. The van der Waals surface area contributed by atoms with Gasteiger partial charge in [0.1, 0.15) is 6.04 Å². The van der Waals surface area contributed by atoms with E-state index in [1.54, 1.807) is 41.4 Å². The van der Waals surface area contributed by atoms with Crippen LogP contribution in [-0.4, -0.2) is 40.4 Å². The van der Waals surface area contributed by atoms with Crippen molar-refractivity contribution in [2.24, 2.45) is 17.3 Å². The monoisotopic (exact) mass is 378 g/mol. The number of carbonyl (C=O) groups is 4. The molecule has 2 saturated heterocycles. The molecule has 0 saturated carbocycles. The second-order valence-electron chi connectivity index (χ2n) is 8.47.